The first kappa shape index (κ1) is 14.8. The zero-order valence-corrected chi connectivity index (χ0v) is 10.2. The van der Waals surface area contributed by atoms with Gasteiger partial charge in [0, 0.05) is 20.3 Å². The number of hydrogen-bond acceptors (Lipinski definition) is 4. The average molecular weight is 238 g/mol. The van der Waals surface area contributed by atoms with E-state index in [1.165, 1.54) is 0 Å². The van der Waals surface area contributed by atoms with Crippen molar-refractivity contribution < 1.29 is 13.2 Å². The van der Waals surface area contributed by atoms with E-state index in [1.807, 2.05) is 0 Å². The lowest BCUT2D eigenvalue weighted by molar-refractivity contribution is 0.193. The van der Waals surface area contributed by atoms with Crippen LogP contribution in [0.2, 0.25) is 0 Å². The lowest BCUT2D eigenvalue weighted by Gasteiger charge is -2.05. The van der Waals surface area contributed by atoms with Gasteiger partial charge in [-0.2, -0.15) is 0 Å². The Morgan fingerprint density at radius 2 is 1.93 bits per heavy atom. The van der Waals surface area contributed by atoms with Gasteiger partial charge in [-0.25, -0.2) is 13.1 Å². The van der Waals surface area contributed by atoms with Crippen LogP contribution in [0.25, 0.3) is 0 Å². The summed E-state index contributed by atoms with van der Waals surface area (Å²) in [6.45, 7) is 1.71. The van der Waals surface area contributed by atoms with Gasteiger partial charge < -0.3 is 10.5 Å². The summed E-state index contributed by atoms with van der Waals surface area (Å²) in [5.41, 5.74) is 5.28. The minimum atomic E-state index is -3.09. The molecule has 3 N–H and O–H groups in total. The van der Waals surface area contributed by atoms with E-state index in [1.54, 1.807) is 7.11 Å². The zero-order valence-electron chi connectivity index (χ0n) is 9.37. The fourth-order valence-corrected chi connectivity index (χ4v) is 2.29. The third-order valence-corrected chi connectivity index (χ3v) is 3.43. The number of ether oxygens (including phenoxy) is 1. The molecule has 0 fully saturated rings. The Labute approximate surface area is 92.4 Å². The molecule has 0 aliphatic rings. The van der Waals surface area contributed by atoms with E-state index in [0.717, 1.165) is 19.3 Å². The van der Waals surface area contributed by atoms with Gasteiger partial charge in [0.05, 0.1) is 5.75 Å². The maximum absolute atomic E-state index is 11.4. The molecule has 0 spiro atoms. The molecule has 5 nitrogen and oxygen atoms in total. The van der Waals surface area contributed by atoms with E-state index in [2.05, 4.69) is 4.72 Å². The lowest BCUT2D eigenvalue weighted by atomic mass is 10.3. The number of rotatable bonds is 10. The first-order valence-electron chi connectivity index (χ1n) is 5.28. The zero-order chi connectivity index (χ0) is 11.6. The number of nitrogens with one attached hydrogen (secondary N) is 1. The van der Waals surface area contributed by atoms with Crippen molar-refractivity contribution in [3.05, 3.63) is 0 Å². The number of sulfonamides is 1. The van der Waals surface area contributed by atoms with Gasteiger partial charge in [-0.15, -0.1) is 0 Å². The van der Waals surface area contributed by atoms with Crippen LogP contribution in [-0.2, 0) is 14.8 Å². The molecule has 0 aliphatic heterocycles. The highest BCUT2D eigenvalue weighted by atomic mass is 32.2. The summed E-state index contributed by atoms with van der Waals surface area (Å²) in [4.78, 5) is 0. The summed E-state index contributed by atoms with van der Waals surface area (Å²) in [6, 6.07) is 0. The molecule has 6 heteroatoms. The van der Waals surface area contributed by atoms with Gasteiger partial charge in [-0.3, -0.25) is 0 Å². The van der Waals surface area contributed by atoms with E-state index in [4.69, 9.17) is 10.5 Å². The van der Waals surface area contributed by atoms with Gasteiger partial charge in [0.2, 0.25) is 10.0 Å². The maximum atomic E-state index is 11.4. The van der Waals surface area contributed by atoms with Crippen molar-refractivity contribution >= 4 is 10.0 Å². The number of hydrogen-bond donors (Lipinski definition) is 2. The lowest BCUT2D eigenvalue weighted by Crippen LogP contribution is -2.27. The predicted octanol–water partition coefficient (Wildman–Crippen LogP) is 0.0713. The largest absolute Gasteiger partial charge is 0.385 e. The minimum Gasteiger partial charge on any atom is -0.385 e. The second-order valence-electron chi connectivity index (χ2n) is 3.41. The first-order valence-corrected chi connectivity index (χ1v) is 6.94. The highest BCUT2D eigenvalue weighted by Crippen LogP contribution is 1.94. The molecule has 0 saturated carbocycles. The molecule has 92 valence electrons. The fraction of sp³-hybridized carbons (Fsp3) is 1.00. The summed E-state index contributed by atoms with van der Waals surface area (Å²) < 4.78 is 30.1. The standard InChI is InChI=1S/C9H22N2O3S/c1-14-8-4-3-7-11-15(12,13)9-5-2-6-10/h11H,2-10H2,1H3. The van der Waals surface area contributed by atoms with Crippen LogP contribution in [0.1, 0.15) is 25.7 Å². The number of nitrogens with two attached hydrogens (primary N) is 1. The highest BCUT2D eigenvalue weighted by molar-refractivity contribution is 7.89. The monoisotopic (exact) mass is 238 g/mol. The van der Waals surface area contributed by atoms with Crippen LogP contribution < -0.4 is 10.5 Å². The maximum Gasteiger partial charge on any atom is 0.211 e. The Kier molecular flexibility index (Phi) is 8.98. The SMILES string of the molecule is COCCCCNS(=O)(=O)CCCCN. The smallest absolute Gasteiger partial charge is 0.211 e. The molecule has 0 bridgehead atoms. The van der Waals surface area contributed by atoms with Crippen LogP contribution in [0, 0.1) is 0 Å². The Morgan fingerprint density at radius 3 is 2.53 bits per heavy atom. The van der Waals surface area contributed by atoms with Crippen LogP contribution in [0.4, 0.5) is 0 Å². The molecule has 0 saturated heterocycles. The van der Waals surface area contributed by atoms with Crippen LogP contribution in [0.15, 0.2) is 0 Å². The number of methoxy groups -OCH3 is 1. The normalized spacial score (nSPS) is 11.9. The average Bonchev–Trinajstić information content (AvgIpc) is 2.17. The summed E-state index contributed by atoms with van der Waals surface area (Å²) >= 11 is 0. The van der Waals surface area contributed by atoms with Crippen molar-refractivity contribution in [2.45, 2.75) is 25.7 Å². The van der Waals surface area contributed by atoms with Gasteiger partial charge in [0.1, 0.15) is 0 Å². The minimum absolute atomic E-state index is 0.175. The first-order chi connectivity index (χ1) is 7.12. The van der Waals surface area contributed by atoms with Crippen molar-refractivity contribution in [3.63, 3.8) is 0 Å². The molecule has 0 aromatic rings. The summed E-state index contributed by atoms with van der Waals surface area (Å²) in [6.07, 6.45) is 3.07. The Hall–Kier alpha value is -0.170. The Bertz CT molecular complexity index is 230. The van der Waals surface area contributed by atoms with Gasteiger partial charge in [-0.1, -0.05) is 0 Å². The van der Waals surface area contributed by atoms with E-state index in [9.17, 15) is 8.42 Å². The molecular weight excluding hydrogens is 216 g/mol. The van der Waals surface area contributed by atoms with Crippen LogP contribution in [0.5, 0.6) is 0 Å². The molecule has 0 amide bonds. The van der Waals surface area contributed by atoms with Crippen LogP contribution in [-0.4, -0.2) is 41.0 Å². The Balaban J connectivity index is 3.47. The molecule has 0 aromatic carbocycles. The van der Waals surface area contributed by atoms with Crippen molar-refractivity contribution in [2.24, 2.45) is 5.73 Å². The topological polar surface area (TPSA) is 81.4 Å². The van der Waals surface area contributed by atoms with Gasteiger partial charge in [-0.05, 0) is 32.2 Å². The van der Waals surface area contributed by atoms with E-state index in [0.29, 0.717) is 26.1 Å². The summed E-state index contributed by atoms with van der Waals surface area (Å²) in [5.74, 6) is 0.175. The Morgan fingerprint density at radius 1 is 1.20 bits per heavy atom. The third kappa shape index (κ3) is 10.1. The van der Waals surface area contributed by atoms with Crippen molar-refractivity contribution in [1.29, 1.82) is 0 Å². The second-order valence-corrected chi connectivity index (χ2v) is 5.34. The van der Waals surface area contributed by atoms with Crippen LogP contribution >= 0.6 is 0 Å². The molecule has 0 aromatic heterocycles. The molecule has 0 unspecified atom stereocenters. The molecule has 0 radical (unpaired) electrons. The summed E-state index contributed by atoms with van der Waals surface area (Å²) in [7, 11) is -1.45. The van der Waals surface area contributed by atoms with Crippen molar-refractivity contribution in [3.8, 4) is 0 Å². The van der Waals surface area contributed by atoms with E-state index >= 15 is 0 Å². The quantitative estimate of drug-likeness (QED) is 0.528. The third-order valence-electron chi connectivity index (χ3n) is 1.96. The molecule has 0 aliphatic carbocycles. The van der Waals surface area contributed by atoms with Gasteiger partial charge in [0.15, 0.2) is 0 Å². The molecule has 15 heavy (non-hydrogen) atoms. The molecular formula is C9H22N2O3S. The molecule has 0 rings (SSSR count). The second kappa shape index (κ2) is 9.08. The molecule has 0 atom stereocenters. The van der Waals surface area contributed by atoms with Gasteiger partial charge in [0.25, 0.3) is 0 Å². The van der Waals surface area contributed by atoms with Crippen molar-refractivity contribution in [1.82, 2.24) is 4.72 Å². The highest BCUT2D eigenvalue weighted by Gasteiger charge is 2.07. The van der Waals surface area contributed by atoms with Gasteiger partial charge >= 0.3 is 0 Å². The van der Waals surface area contributed by atoms with E-state index in [-0.39, 0.29) is 5.75 Å². The molecule has 0 heterocycles. The fourth-order valence-electron chi connectivity index (χ4n) is 1.11. The van der Waals surface area contributed by atoms with E-state index < -0.39 is 10.0 Å². The predicted molar refractivity (Wildman–Crippen MR) is 61.2 cm³/mol. The number of unbranched alkanes of at least 4 members (excludes halogenated alkanes) is 2. The van der Waals surface area contributed by atoms with Crippen LogP contribution in [0.3, 0.4) is 0 Å². The summed E-state index contributed by atoms with van der Waals surface area (Å²) in [5, 5.41) is 0. The van der Waals surface area contributed by atoms with Crippen molar-refractivity contribution in [2.75, 3.05) is 32.6 Å².